The van der Waals surface area contributed by atoms with E-state index in [9.17, 15) is 22.8 Å². The van der Waals surface area contributed by atoms with Gasteiger partial charge in [0.05, 0.1) is 13.1 Å². The van der Waals surface area contributed by atoms with Gasteiger partial charge in [-0.15, -0.1) is 0 Å². The van der Waals surface area contributed by atoms with E-state index in [2.05, 4.69) is 4.74 Å². The third-order valence-electron chi connectivity index (χ3n) is 2.51. The van der Waals surface area contributed by atoms with Gasteiger partial charge in [-0.3, -0.25) is 9.59 Å². The second kappa shape index (κ2) is 4.91. The Morgan fingerprint density at radius 1 is 1.32 bits per heavy atom. The van der Waals surface area contributed by atoms with Crippen molar-refractivity contribution in [1.82, 2.24) is 4.90 Å². The molecule has 0 saturated carbocycles. The van der Waals surface area contributed by atoms with Gasteiger partial charge in [-0.1, -0.05) is 6.07 Å². The highest BCUT2D eigenvalue weighted by Gasteiger charge is 2.30. The van der Waals surface area contributed by atoms with Crippen LogP contribution >= 0.6 is 0 Å². The molecule has 102 valence electrons. The van der Waals surface area contributed by atoms with Crippen molar-refractivity contribution >= 4 is 11.7 Å². The van der Waals surface area contributed by atoms with Crippen molar-refractivity contribution in [3.8, 4) is 5.75 Å². The molecule has 1 aromatic carbocycles. The van der Waals surface area contributed by atoms with Crippen LogP contribution < -0.4 is 4.74 Å². The molecule has 0 bridgehead atoms. The molecular weight excluding hydrogens is 263 g/mol. The molecule has 4 nitrogen and oxygen atoms in total. The molecule has 1 heterocycles. The van der Waals surface area contributed by atoms with Crippen molar-refractivity contribution in [1.29, 1.82) is 0 Å². The van der Waals surface area contributed by atoms with Gasteiger partial charge in [0.1, 0.15) is 5.75 Å². The Labute approximate surface area is 106 Å². The van der Waals surface area contributed by atoms with E-state index >= 15 is 0 Å². The van der Waals surface area contributed by atoms with Gasteiger partial charge in [-0.2, -0.15) is 13.2 Å². The fraction of sp³-hybridized carbons (Fsp3) is 0.333. The molecule has 1 aromatic rings. The summed E-state index contributed by atoms with van der Waals surface area (Å²) >= 11 is 0. The summed E-state index contributed by atoms with van der Waals surface area (Å²) in [5.74, 6) is -0.468. The van der Waals surface area contributed by atoms with E-state index in [4.69, 9.17) is 0 Å². The van der Waals surface area contributed by atoms with E-state index < -0.39 is 18.7 Å². The van der Waals surface area contributed by atoms with E-state index in [1.807, 2.05) is 0 Å². The number of alkyl halides is 3. The van der Waals surface area contributed by atoms with Gasteiger partial charge in [0.15, 0.2) is 12.4 Å². The average molecular weight is 273 g/mol. The number of ether oxygens (including phenoxy) is 1. The second-order valence-electron chi connectivity index (χ2n) is 4.13. The van der Waals surface area contributed by atoms with Crippen molar-refractivity contribution < 1.29 is 27.5 Å². The van der Waals surface area contributed by atoms with Gasteiger partial charge in [-0.25, -0.2) is 0 Å². The second-order valence-corrected chi connectivity index (χ2v) is 4.13. The largest absolute Gasteiger partial charge is 0.484 e. The molecule has 0 N–H and O–H groups in total. The number of halogens is 3. The molecule has 0 aliphatic carbocycles. The molecule has 1 saturated heterocycles. The molecule has 0 radical (unpaired) electrons. The number of likely N-dealkylation sites (tertiary alicyclic amines) is 1. The first-order valence-corrected chi connectivity index (χ1v) is 5.46. The van der Waals surface area contributed by atoms with Gasteiger partial charge in [0, 0.05) is 5.56 Å². The number of ketones is 1. The first kappa shape index (κ1) is 13.4. The lowest BCUT2D eigenvalue weighted by molar-refractivity contribution is -0.153. The molecule has 1 amide bonds. The zero-order valence-corrected chi connectivity index (χ0v) is 9.74. The summed E-state index contributed by atoms with van der Waals surface area (Å²) in [6, 6.07) is 5.47. The molecule has 0 atom stereocenters. The van der Waals surface area contributed by atoms with Crippen LogP contribution in [0.2, 0.25) is 0 Å². The number of rotatable bonds is 3. The number of benzene rings is 1. The normalized spacial score (nSPS) is 15.1. The lowest BCUT2D eigenvalue weighted by atomic mass is 10.1. The molecule has 0 aromatic heterocycles. The highest BCUT2D eigenvalue weighted by molar-refractivity contribution is 6.03. The Kier molecular flexibility index (Phi) is 3.46. The summed E-state index contributed by atoms with van der Waals surface area (Å²) in [6.45, 7) is -1.31. The van der Waals surface area contributed by atoms with Gasteiger partial charge in [-0.05, 0) is 18.2 Å². The zero-order chi connectivity index (χ0) is 14.0. The Hall–Kier alpha value is -2.05. The van der Waals surface area contributed by atoms with Crippen LogP contribution in [-0.4, -0.2) is 42.5 Å². The highest BCUT2D eigenvalue weighted by Crippen LogP contribution is 2.20. The summed E-state index contributed by atoms with van der Waals surface area (Å²) < 4.78 is 40.5. The minimum Gasteiger partial charge on any atom is -0.484 e. The number of hydrogen-bond acceptors (Lipinski definition) is 3. The van der Waals surface area contributed by atoms with Crippen molar-refractivity contribution in [3.05, 3.63) is 29.8 Å². The van der Waals surface area contributed by atoms with E-state index in [1.165, 1.54) is 29.2 Å². The van der Waals surface area contributed by atoms with Gasteiger partial charge in [0.2, 0.25) is 0 Å². The lowest BCUT2D eigenvalue weighted by Gasteiger charge is -2.29. The molecule has 0 spiro atoms. The average Bonchev–Trinajstić information content (AvgIpc) is 2.31. The Morgan fingerprint density at radius 2 is 2.00 bits per heavy atom. The monoisotopic (exact) mass is 273 g/mol. The van der Waals surface area contributed by atoms with Crippen LogP contribution in [0.5, 0.6) is 5.75 Å². The van der Waals surface area contributed by atoms with Gasteiger partial charge in [0.25, 0.3) is 5.91 Å². The van der Waals surface area contributed by atoms with Crippen molar-refractivity contribution in [3.63, 3.8) is 0 Å². The molecule has 0 unspecified atom stereocenters. The number of nitrogens with zero attached hydrogens (tertiary/aromatic N) is 1. The minimum absolute atomic E-state index is 0.0324. The van der Waals surface area contributed by atoms with Gasteiger partial charge < -0.3 is 9.64 Å². The maximum absolute atomic E-state index is 12.0. The molecule has 7 heteroatoms. The molecule has 2 rings (SSSR count). The lowest BCUT2D eigenvalue weighted by Crippen LogP contribution is -2.50. The van der Waals surface area contributed by atoms with E-state index in [1.54, 1.807) is 0 Å². The molecule has 1 aliphatic rings. The summed E-state index contributed by atoms with van der Waals surface area (Å²) in [7, 11) is 0. The third kappa shape index (κ3) is 3.46. The van der Waals surface area contributed by atoms with Crippen LogP contribution in [0.4, 0.5) is 13.2 Å². The van der Waals surface area contributed by atoms with Crippen molar-refractivity contribution in [2.75, 3.05) is 19.7 Å². The van der Waals surface area contributed by atoms with Crippen LogP contribution in [-0.2, 0) is 4.79 Å². The first-order chi connectivity index (χ1) is 8.85. The Balaban J connectivity index is 2.02. The molecule has 1 aliphatic heterocycles. The van der Waals surface area contributed by atoms with Crippen LogP contribution in [0.25, 0.3) is 0 Å². The number of carbonyl (C=O) groups is 2. The number of amides is 1. The minimum atomic E-state index is -4.43. The molecule has 1 fully saturated rings. The van der Waals surface area contributed by atoms with Crippen LogP contribution in [0, 0.1) is 0 Å². The predicted octanol–water partition coefficient (Wildman–Crippen LogP) is 1.65. The summed E-state index contributed by atoms with van der Waals surface area (Å²) in [6.07, 6.45) is -4.43. The predicted molar refractivity (Wildman–Crippen MR) is 58.9 cm³/mol. The summed E-state index contributed by atoms with van der Waals surface area (Å²) in [5, 5.41) is 0. The fourth-order valence-corrected chi connectivity index (χ4v) is 1.59. The summed E-state index contributed by atoms with van der Waals surface area (Å²) in [5.41, 5.74) is 0.201. The molecule has 19 heavy (non-hydrogen) atoms. The van der Waals surface area contributed by atoms with Crippen LogP contribution in [0.3, 0.4) is 0 Å². The van der Waals surface area contributed by atoms with Crippen molar-refractivity contribution in [2.45, 2.75) is 6.18 Å². The Bertz CT molecular complexity index is 505. The smallest absolute Gasteiger partial charge is 0.422 e. The van der Waals surface area contributed by atoms with Crippen molar-refractivity contribution in [2.24, 2.45) is 0 Å². The SMILES string of the molecule is O=C1CN(C(=O)c2cccc(OCC(F)(F)F)c2)C1. The van der Waals surface area contributed by atoms with Gasteiger partial charge >= 0.3 is 6.18 Å². The van der Waals surface area contributed by atoms with Crippen LogP contribution in [0.1, 0.15) is 10.4 Å². The Morgan fingerprint density at radius 3 is 2.58 bits per heavy atom. The topological polar surface area (TPSA) is 46.6 Å². The quantitative estimate of drug-likeness (QED) is 0.841. The first-order valence-electron chi connectivity index (χ1n) is 5.46. The number of hydrogen-bond donors (Lipinski definition) is 0. The molecular formula is C12H10F3NO3. The standard InChI is InChI=1S/C12H10F3NO3/c13-12(14,15)7-19-10-3-1-2-8(4-10)11(18)16-5-9(17)6-16/h1-4H,5-7H2. The van der Waals surface area contributed by atoms with E-state index in [0.717, 1.165) is 0 Å². The third-order valence-corrected chi connectivity index (χ3v) is 2.51. The summed E-state index contributed by atoms with van der Waals surface area (Å²) in [4.78, 5) is 23.9. The van der Waals surface area contributed by atoms with E-state index in [0.29, 0.717) is 0 Å². The zero-order valence-electron chi connectivity index (χ0n) is 9.74. The maximum Gasteiger partial charge on any atom is 0.422 e. The van der Waals surface area contributed by atoms with E-state index in [-0.39, 0.29) is 30.2 Å². The van der Waals surface area contributed by atoms with Crippen LogP contribution in [0.15, 0.2) is 24.3 Å². The highest BCUT2D eigenvalue weighted by atomic mass is 19.4. The number of carbonyl (C=O) groups excluding carboxylic acids is 2. The maximum atomic E-state index is 12.0. The number of Topliss-reactive ketones (excluding diaryl/α,β-unsaturated/α-hetero) is 1. The fourth-order valence-electron chi connectivity index (χ4n) is 1.59.